The summed E-state index contributed by atoms with van der Waals surface area (Å²) in [6.07, 6.45) is 3.41. The van der Waals surface area contributed by atoms with Crippen LogP contribution in [0.25, 0.3) is 16.5 Å². The molecule has 12 heteroatoms. The lowest BCUT2D eigenvalue weighted by molar-refractivity contribution is 0.170. The van der Waals surface area contributed by atoms with Crippen LogP contribution >= 0.6 is 0 Å². The third kappa shape index (κ3) is 9.77. The van der Waals surface area contributed by atoms with Crippen LogP contribution in [0.5, 0.6) is 5.75 Å². The van der Waals surface area contributed by atoms with Crippen molar-refractivity contribution in [2.24, 2.45) is 9.98 Å². The Labute approximate surface area is 317 Å². The fourth-order valence-electron chi connectivity index (χ4n) is 6.07. The molecule has 3 heterocycles. The van der Waals surface area contributed by atoms with Crippen LogP contribution in [-0.4, -0.2) is 82.8 Å². The number of benzene rings is 3. The Bertz CT molecular complexity index is 2160. The number of hydrogen-bond donors (Lipinski definition) is 3. The van der Waals surface area contributed by atoms with Gasteiger partial charge in [-0.05, 0) is 69.6 Å². The molecule has 1 aliphatic rings. The van der Waals surface area contributed by atoms with E-state index in [9.17, 15) is 4.79 Å². The van der Waals surface area contributed by atoms with Crippen molar-refractivity contribution < 1.29 is 9.53 Å². The molecule has 0 bridgehead atoms. The van der Waals surface area contributed by atoms with Gasteiger partial charge in [0, 0.05) is 66.9 Å². The number of ether oxygens (including phenoxy) is 1. The first kappa shape index (κ1) is 37.9. The van der Waals surface area contributed by atoms with Gasteiger partial charge in [0.15, 0.2) is 0 Å². The lowest BCUT2D eigenvalue weighted by Crippen LogP contribution is -2.45. The summed E-state index contributed by atoms with van der Waals surface area (Å²) in [5, 5.41) is 15.8. The number of fused-ring (bicyclic) bond motifs is 1. The topological polar surface area (TPSA) is 124 Å². The summed E-state index contributed by atoms with van der Waals surface area (Å²) in [6, 6.07) is 25.0. The largest absolute Gasteiger partial charge is 0.488 e. The lowest BCUT2D eigenvalue weighted by Gasteiger charge is -2.32. The molecule has 0 aliphatic carbocycles. The van der Waals surface area contributed by atoms with Crippen LogP contribution < -0.4 is 20.7 Å². The van der Waals surface area contributed by atoms with Gasteiger partial charge in [0.05, 0.1) is 23.3 Å². The van der Waals surface area contributed by atoms with Gasteiger partial charge in [0.25, 0.3) is 0 Å². The number of piperazine rings is 1. The summed E-state index contributed by atoms with van der Waals surface area (Å²) in [4.78, 5) is 31.4. The highest BCUT2D eigenvalue weighted by atomic mass is 16.5. The van der Waals surface area contributed by atoms with Gasteiger partial charge in [-0.3, -0.25) is 15.2 Å². The minimum absolute atomic E-state index is 0.204. The number of aliphatic imine (C=N–C) groups is 2. The van der Waals surface area contributed by atoms with Crippen LogP contribution in [0.15, 0.2) is 107 Å². The first-order chi connectivity index (χ1) is 25.9. The Morgan fingerprint density at radius 2 is 1.69 bits per heavy atom. The first-order valence-electron chi connectivity index (χ1n) is 18.2. The van der Waals surface area contributed by atoms with Crippen LogP contribution in [0.1, 0.15) is 44.5 Å². The molecule has 12 nitrogen and oxygen atoms in total. The smallest absolute Gasteiger partial charge is 0.324 e. The second kappa shape index (κ2) is 16.9. The van der Waals surface area contributed by atoms with Crippen molar-refractivity contribution in [1.82, 2.24) is 24.6 Å². The number of aryl methyl sites for hydroxylation is 1. The molecule has 0 radical (unpaired) electrons. The van der Waals surface area contributed by atoms with Gasteiger partial charge in [-0.25, -0.2) is 19.5 Å². The maximum atomic E-state index is 13.5. The van der Waals surface area contributed by atoms with Crippen LogP contribution in [-0.2, 0) is 12.0 Å². The average molecular weight is 727 g/mol. The number of carbonyl (C=O) groups is 1. The Hall–Kier alpha value is -5.85. The van der Waals surface area contributed by atoms with Gasteiger partial charge >= 0.3 is 6.03 Å². The van der Waals surface area contributed by atoms with E-state index in [-0.39, 0.29) is 11.4 Å². The van der Waals surface area contributed by atoms with Gasteiger partial charge in [0.1, 0.15) is 29.8 Å². The number of carbonyl (C=O) groups excluding carboxylic acids is 1. The quantitative estimate of drug-likeness (QED) is 0.112. The number of rotatable bonds is 12. The van der Waals surface area contributed by atoms with E-state index >= 15 is 0 Å². The Kier molecular flexibility index (Phi) is 11.8. The van der Waals surface area contributed by atoms with E-state index in [1.54, 1.807) is 17.1 Å². The lowest BCUT2D eigenvalue weighted by atomic mass is 9.92. The molecule has 0 saturated carbocycles. The van der Waals surface area contributed by atoms with Crippen LogP contribution in [0, 0.1) is 6.92 Å². The highest BCUT2D eigenvalue weighted by Crippen LogP contribution is 2.33. The van der Waals surface area contributed by atoms with Crippen molar-refractivity contribution in [1.29, 1.82) is 0 Å². The van der Waals surface area contributed by atoms with Crippen molar-refractivity contribution in [3.05, 3.63) is 114 Å². The summed E-state index contributed by atoms with van der Waals surface area (Å²) in [6.45, 7) is 19.4. The molecule has 2 aromatic heterocycles. The molecule has 0 atom stereocenters. The molecule has 5 aromatic rings. The fraction of sp³-hybridized carbons (Fsp3) is 0.310. The van der Waals surface area contributed by atoms with Crippen molar-refractivity contribution in [2.75, 3.05) is 55.7 Å². The number of anilines is 3. The number of nitrogens with zero attached hydrogens (tertiary/aromatic N) is 7. The van der Waals surface area contributed by atoms with E-state index in [1.165, 1.54) is 0 Å². The van der Waals surface area contributed by atoms with Gasteiger partial charge in [-0.15, -0.1) is 0 Å². The second-order valence-corrected chi connectivity index (χ2v) is 14.7. The number of likely N-dealkylation sites (N-methyl/N-ethyl adjacent to an activating group) is 1. The van der Waals surface area contributed by atoms with Gasteiger partial charge in [0.2, 0.25) is 0 Å². The third-order valence-electron chi connectivity index (χ3n) is 9.23. The summed E-state index contributed by atoms with van der Waals surface area (Å²) in [5.74, 6) is 2.38. The molecule has 0 spiro atoms. The molecule has 54 heavy (non-hydrogen) atoms. The molecular weight excluding hydrogens is 677 g/mol. The summed E-state index contributed by atoms with van der Waals surface area (Å²) in [7, 11) is 2.15. The van der Waals surface area contributed by atoms with Crippen molar-refractivity contribution in [2.45, 2.75) is 46.6 Å². The van der Waals surface area contributed by atoms with E-state index < -0.39 is 0 Å². The van der Waals surface area contributed by atoms with Gasteiger partial charge in [-0.1, -0.05) is 62.7 Å². The summed E-state index contributed by atoms with van der Waals surface area (Å²) >= 11 is 0. The number of amides is 2. The molecular formula is C42H50N10O2. The predicted octanol–water partition coefficient (Wildman–Crippen LogP) is 7.87. The molecule has 1 fully saturated rings. The van der Waals surface area contributed by atoms with E-state index in [4.69, 9.17) is 9.84 Å². The summed E-state index contributed by atoms with van der Waals surface area (Å²) in [5.41, 5.74) is 5.25. The maximum Gasteiger partial charge on any atom is 0.324 e. The van der Waals surface area contributed by atoms with E-state index in [1.807, 2.05) is 92.7 Å². The second-order valence-electron chi connectivity index (χ2n) is 14.7. The normalized spacial score (nSPS) is 14.6. The molecule has 1 aliphatic heterocycles. The van der Waals surface area contributed by atoms with E-state index in [2.05, 4.69) is 75.3 Å². The predicted molar refractivity (Wildman–Crippen MR) is 220 cm³/mol. The molecule has 2 amide bonds. The Balaban J connectivity index is 1.12. The van der Waals surface area contributed by atoms with Crippen molar-refractivity contribution >= 4 is 46.6 Å². The standard InChI is InChI=1S/C42H50N10O2/c1-29-12-14-32(15-13-29)52-40(25-37(49-52)42(3,4)5)48-41(53)46-35-16-17-36(34-11-9-8-10-33(34)35)54-28-31-18-19-44-38(24-31)47-39(43-6)26-45-30(2)27-51-22-20-50(7)21-23-51/h8-19,24-26H,6,20-23,27-28H2,1-5,7H3,(H,44,47)(H2,46,48,53)/b39-26+,45-30+. The monoisotopic (exact) mass is 726 g/mol. The zero-order chi connectivity index (χ0) is 38.2. The van der Waals surface area contributed by atoms with Crippen LogP contribution in [0.4, 0.5) is 22.1 Å². The van der Waals surface area contributed by atoms with Crippen LogP contribution in [0.2, 0.25) is 0 Å². The molecule has 0 unspecified atom stereocenters. The molecule has 3 N–H and O–H groups in total. The zero-order valence-corrected chi connectivity index (χ0v) is 32.1. The summed E-state index contributed by atoms with van der Waals surface area (Å²) < 4.78 is 8.11. The number of nitrogens with one attached hydrogen (secondary N) is 3. The SMILES string of the molecule is C=N/C(=C\N=C(/C)CN1CCN(C)CC1)Nc1cc(COc2ccc(NC(=O)Nc3cc(C(C)(C)C)nn3-c3ccc(C)cc3)c3ccccc23)ccn1. The highest BCUT2D eigenvalue weighted by Gasteiger charge is 2.22. The molecule has 1 saturated heterocycles. The van der Waals surface area contributed by atoms with E-state index in [0.29, 0.717) is 35.5 Å². The van der Waals surface area contributed by atoms with Crippen molar-refractivity contribution in [3.8, 4) is 11.4 Å². The maximum absolute atomic E-state index is 13.5. The number of aromatic nitrogens is 3. The third-order valence-corrected chi connectivity index (χ3v) is 9.23. The fourth-order valence-corrected chi connectivity index (χ4v) is 6.07. The Morgan fingerprint density at radius 1 is 0.944 bits per heavy atom. The number of pyridine rings is 1. The van der Waals surface area contributed by atoms with Crippen LogP contribution in [0.3, 0.4) is 0 Å². The molecule has 3 aromatic carbocycles. The van der Waals surface area contributed by atoms with E-state index in [0.717, 1.165) is 71.7 Å². The average Bonchev–Trinajstić information content (AvgIpc) is 3.58. The highest BCUT2D eigenvalue weighted by molar-refractivity contribution is 6.07. The number of urea groups is 1. The zero-order valence-electron chi connectivity index (χ0n) is 32.1. The molecule has 280 valence electrons. The minimum Gasteiger partial charge on any atom is -0.488 e. The first-order valence-corrected chi connectivity index (χ1v) is 18.2. The minimum atomic E-state index is -0.377. The number of hydrogen-bond acceptors (Lipinski definition) is 9. The molecule has 6 rings (SSSR count). The van der Waals surface area contributed by atoms with Gasteiger partial charge in [-0.2, -0.15) is 5.10 Å². The van der Waals surface area contributed by atoms with Gasteiger partial charge < -0.3 is 20.3 Å². The Morgan fingerprint density at radius 3 is 2.41 bits per heavy atom. The van der Waals surface area contributed by atoms with Crippen molar-refractivity contribution in [3.63, 3.8) is 0 Å².